The number of aromatic amines is 1. The Morgan fingerprint density at radius 1 is 1.03 bits per heavy atom. The van der Waals surface area contributed by atoms with Crippen molar-refractivity contribution in [2.45, 2.75) is 39.7 Å². The van der Waals surface area contributed by atoms with Crippen molar-refractivity contribution in [3.8, 4) is 28.3 Å². The summed E-state index contributed by atoms with van der Waals surface area (Å²) in [6, 6.07) is 18.2. The maximum atomic E-state index is 13.6. The van der Waals surface area contributed by atoms with Gasteiger partial charge in [-0.05, 0) is 68.0 Å². The first-order valence-corrected chi connectivity index (χ1v) is 12.8. The van der Waals surface area contributed by atoms with Crippen LogP contribution in [-0.2, 0) is 19.4 Å². The minimum absolute atomic E-state index is 0.0310. The number of aryl methyl sites for hydroxylation is 2. The van der Waals surface area contributed by atoms with Crippen LogP contribution in [0.1, 0.15) is 37.1 Å². The number of H-pyrrole nitrogens is 1. The van der Waals surface area contributed by atoms with Crippen molar-refractivity contribution in [3.05, 3.63) is 98.8 Å². The van der Waals surface area contributed by atoms with Gasteiger partial charge >= 0.3 is 5.69 Å². The van der Waals surface area contributed by atoms with E-state index in [2.05, 4.69) is 73.6 Å². The molecule has 0 bridgehead atoms. The Balaban J connectivity index is 1.50. The van der Waals surface area contributed by atoms with Gasteiger partial charge in [-0.25, -0.2) is 9.89 Å². The second-order valence-electron chi connectivity index (χ2n) is 8.56. The number of halogens is 1. The van der Waals surface area contributed by atoms with Crippen LogP contribution in [-0.4, -0.2) is 34.7 Å². The van der Waals surface area contributed by atoms with E-state index in [1.54, 1.807) is 10.8 Å². The normalized spacial score (nSPS) is 11.2. The fourth-order valence-electron chi connectivity index (χ4n) is 4.49. The third-order valence-electron chi connectivity index (χ3n) is 6.24. The molecule has 0 saturated heterocycles. The average molecular weight is 544 g/mol. The topological polar surface area (TPSA) is 94.3 Å². The Morgan fingerprint density at radius 3 is 2.58 bits per heavy atom. The van der Waals surface area contributed by atoms with Crippen LogP contribution in [0.3, 0.4) is 0 Å². The van der Waals surface area contributed by atoms with Crippen LogP contribution in [0.25, 0.3) is 28.3 Å². The lowest BCUT2D eigenvalue weighted by atomic mass is 10.0. The Bertz CT molecular complexity index is 1540. The van der Waals surface area contributed by atoms with Gasteiger partial charge in [-0.3, -0.25) is 14.1 Å². The van der Waals surface area contributed by atoms with E-state index in [1.807, 2.05) is 47.2 Å². The predicted molar refractivity (Wildman–Crippen MR) is 143 cm³/mol. The van der Waals surface area contributed by atoms with Gasteiger partial charge in [0.1, 0.15) is 5.69 Å². The zero-order chi connectivity index (χ0) is 25.1. The Hall–Kier alpha value is -3.85. The number of pyridine rings is 1. The summed E-state index contributed by atoms with van der Waals surface area (Å²) in [4.78, 5) is 18.1. The molecule has 36 heavy (non-hydrogen) atoms. The molecule has 2 aromatic carbocycles. The lowest BCUT2D eigenvalue weighted by molar-refractivity contribution is 0.691. The molecule has 0 aliphatic carbocycles. The molecule has 0 aliphatic heterocycles. The van der Waals surface area contributed by atoms with E-state index >= 15 is 0 Å². The minimum Gasteiger partial charge on any atom is -0.292 e. The predicted octanol–water partition coefficient (Wildman–Crippen LogP) is 5.21. The first-order chi connectivity index (χ1) is 17.6. The number of aromatic nitrogens is 7. The molecule has 0 aliphatic rings. The van der Waals surface area contributed by atoms with E-state index in [0.29, 0.717) is 18.1 Å². The van der Waals surface area contributed by atoms with Crippen LogP contribution in [0.15, 0.2) is 76.3 Å². The third kappa shape index (κ3) is 4.54. The quantitative estimate of drug-likeness (QED) is 0.290. The molecule has 0 radical (unpaired) electrons. The van der Waals surface area contributed by atoms with Gasteiger partial charge in [0.15, 0.2) is 5.82 Å². The van der Waals surface area contributed by atoms with Gasteiger partial charge < -0.3 is 0 Å². The molecule has 182 valence electrons. The highest BCUT2D eigenvalue weighted by Gasteiger charge is 2.17. The molecule has 1 N–H and O–H groups in total. The molecular formula is C27H26BrN7O. The van der Waals surface area contributed by atoms with E-state index in [-0.39, 0.29) is 5.69 Å². The zero-order valence-electron chi connectivity index (χ0n) is 20.1. The van der Waals surface area contributed by atoms with Crippen LogP contribution >= 0.6 is 15.9 Å². The first kappa shape index (κ1) is 23.9. The summed E-state index contributed by atoms with van der Waals surface area (Å²) in [7, 11) is 0. The molecule has 5 rings (SSSR count). The first-order valence-electron chi connectivity index (χ1n) is 12.0. The van der Waals surface area contributed by atoms with Gasteiger partial charge in [-0.1, -0.05) is 62.7 Å². The van der Waals surface area contributed by atoms with Gasteiger partial charge in [0.2, 0.25) is 0 Å². The van der Waals surface area contributed by atoms with Crippen molar-refractivity contribution in [2.75, 3.05) is 0 Å². The Labute approximate surface area is 217 Å². The Morgan fingerprint density at radius 2 is 1.86 bits per heavy atom. The number of imidazole rings is 1. The second kappa shape index (κ2) is 10.4. The van der Waals surface area contributed by atoms with Gasteiger partial charge in [-0.2, -0.15) is 0 Å². The maximum absolute atomic E-state index is 13.6. The number of nitrogens with one attached hydrogen (secondary N) is 1. The second-order valence-corrected chi connectivity index (χ2v) is 9.41. The third-order valence-corrected chi connectivity index (χ3v) is 6.88. The smallest absolute Gasteiger partial charge is 0.292 e. The number of benzene rings is 2. The average Bonchev–Trinajstić information content (AvgIpc) is 3.54. The number of rotatable bonds is 8. The van der Waals surface area contributed by atoms with Crippen molar-refractivity contribution in [3.63, 3.8) is 0 Å². The number of hydrogen-bond acceptors (Lipinski definition) is 5. The molecule has 0 saturated carbocycles. The summed E-state index contributed by atoms with van der Waals surface area (Å²) in [5.74, 6) is 0.519. The molecule has 0 atom stereocenters. The monoisotopic (exact) mass is 543 g/mol. The van der Waals surface area contributed by atoms with E-state index in [0.717, 1.165) is 57.4 Å². The number of hydrogen-bond donors (Lipinski definition) is 1. The van der Waals surface area contributed by atoms with Crippen LogP contribution < -0.4 is 5.69 Å². The molecule has 9 heteroatoms. The summed E-state index contributed by atoms with van der Waals surface area (Å²) in [6.07, 6.45) is 6.34. The van der Waals surface area contributed by atoms with Gasteiger partial charge in [0.25, 0.3) is 0 Å². The zero-order valence-corrected chi connectivity index (χ0v) is 21.7. The van der Waals surface area contributed by atoms with Crippen LogP contribution in [0.2, 0.25) is 0 Å². The molecule has 0 fully saturated rings. The van der Waals surface area contributed by atoms with E-state index in [9.17, 15) is 4.79 Å². The molecule has 0 spiro atoms. The summed E-state index contributed by atoms with van der Waals surface area (Å²) in [5.41, 5.74) is 6.71. The fourth-order valence-corrected chi connectivity index (χ4v) is 5.08. The van der Waals surface area contributed by atoms with Gasteiger partial charge in [-0.15, -0.1) is 5.10 Å². The number of nitrogens with zero attached hydrogens (tertiary/aromatic N) is 6. The van der Waals surface area contributed by atoms with Crippen LogP contribution in [0.5, 0.6) is 0 Å². The summed E-state index contributed by atoms with van der Waals surface area (Å²) < 4.78 is 4.59. The van der Waals surface area contributed by atoms with Crippen molar-refractivity contribution in [2.24, 2.45) is 0 Å². The molecule has 5 aromatic rings. The lowest BCUT2D eigenvalue weighted by Crippen LogP contribution is -2.25. The van der Waals surface area contributed by atoms with E-state index in [4.69, 9.17) is 0 Å². The fraction of sp³-hybridized carbons (Fsp3) is 0.222. The standard InChI is InChI=1S/C27H26BrN7O/c1-3-7-21-17-35(25-19(4-2)8-5-10-23(25)28)27(36)34(21)16-18-11-13-20(14-12-18)22-9-6-15-29-24(22)26-30-32-33-31-26/h5-6,8-15,17H,3-4,7,16H2,1-2H3,(H,30,31,32,33). The number of tetrazole rings is 1. The highest BCUT2D eigenvalue weighted by molar-refractivity contribution is 9.10. The van der Waals surface area contributed by atoms with Crippen LogP contribution in [0, 0.1) is 0 Å². The van der Waals surface area contributed by atoms with Gasteiger partial charge in [0, 0.05) is 28.1 Å². The van der Waals surface area contributed by atoms with Crippen molar-refractivity contribution in [1.82, 2.24) is 34.7 Å². The highest BCUT2D eigenvalue weighted by Crippen LogP contribution is 2.28. The van der Waals surface area contributed by atoms with E-state index < -0.39 is 0 Å². The largest absolute Gasteiger partial charge is 0.333 e. The summed E-state index contributed by atoms with van der Waals surface area (Å²) >= 11 is 3.66. The molecule has 0 amide bonds. The number of para-hydroxylation sites is 1. The molecule has 0 unspecified atom stereocenters. The molecule has 8 nitrogen and oxygen atoms in total. The molecular weight excluding hydrogens is 518 g/mol. The van der Waals surface area contributed by atoms with Crippen molar-refractivity contribution >= 4 is 15.9 Å². The highest BCUT2D eigenvalue weighted by atomic mass is 79.9. The summed E-state index contributed by atoms with van der Waals surface area (Å²) in [5, 5.41) is 14.1. The van der Waals surface area contributed by atoms with E-state index in [1.165, 1.54) is 0 Å². The summed E-state index contributed by atoms with van der Waals surface area (Å²) in [6.45, 7) is 4.74. The maximum Gasteiger partial charge on any atom is 0.333 e. The van der Waals surface area contributed by atoms with Gasteiger partial charge in [0.05, 0.1) is 12.2 Å². The lowest BCUT2D eigenvalue weighted by Gasteiger charge is -2.11. The SMILES string of the molecule is CCCc1cn(-c2c(Br)cccc2CC)c(=O)n1Cc1ccc(-c2cccnc2-c2nnn[nH]2)cc1. The van der Waals surface area contributed by atoms with Crippen molar-refractivity contribution in [1.29, 1.82) is 0 Å². The Kier molecular flexibility index (Phi) is 6.90. The van der Waals surface area contributed by atoms with Crippen LogP contribution in [0.4, 0.5) is 0 Å². The molecule has 3 heterocycles. The molecule has 3 aromatic heterocycles. The van der Waals surface area contributed by atoms with Crippen molar-refractivity contribution < 1.29 is 0 Å². The minimum atomic E-state index is -0.0310.